The molecule has 3 rings (SSSR count). The number of benzene rings is 2. The van der Waals surface area contributed by atoms with Crippen LogP contribution in [-0.4, -0.2) is 18.0 Å². The molecule has 23 heavy (non-hydrogen) atoms. The van der Waals surface area contributed by atoms with Crippen LogP contribution in [0.5, 0.6) is 5.75 Å². The molecular weight excluding hydrogens is 332 g/mol. The fourth-order valence-electron chi connectivity index (χ4n) is 2.12. The van der Waals surface area contributed by atoms with Crippen LogP contribution in [0.25, 0.3) is 11.3 Å². The summed E-state index contributed by atoms with van der Waals surface area (Å²) in [4.78, 5) is 16.8. The molecule has 3 aromatic rings. The van der Waals surface area contributed by atoms with Gasteiger partial charge in [0.05, 0.1) is 18.4 Å². The quantitative estimate of drug-likeness (QED) is 0.744. The molecule has 1 aromatic heterocycles. The second-order valence-corrected chi connectivity index (χ2v) is 5.94. The lowest BCUT2D eigenvalue weighted by Gasteiger charge is -2.07. The highest BCUT2D eigenvalue weighted by atomic mass is 35.5. The number of amides is 1. The Hall–Kier alpha value is -2.37. The third-order valence-electron chi connectivity index (χ3n) is 3.23. The van der Waals surface area contributed by atoms with Gasteiger partial charge in [0, 0.05) is 16.0 Å². The second-order valence-electron chi connectivity index (χ2n) is 4.67. The van der Waals surface area contributed by atoms with Crippen LogP contribution >= 0.6 is 22.9 Å². The lowest BCUT2D eigenvalue weighted by atomic mass is 10.2. The molecule has 0 bridgehead atoms. The predicted octanol–water partition coefficient (Wildman–Crippen LogP) is 4.72. The minimum atomic E-state index is -0.262. The number of hydrogen-bond donors (Lipinski definition) is 1. The van der Waals surface area contributed by atoms with E-state index < -0.39 is 0 Å². The van der Waals surface area contributed by atoms with Crippen LogP contribution in [0.2, 0.25) is 5.02 Å². The van der Waals surface area contributed by atoms with E-state index in [1.54, 1.807) is 18.2 Å². The van der Waals surface area contributed by atoms with Crippen molar-refractivity contribution < 1.29 is 9.53 Å². The molecule has 0 aliphatic rings. The first kappa shape index (κ1) is 15.5. The van der Waals surface area contributed by atoms with E-state index in [1.807, 2.05) is 35.7 Å². The number of carbonyl (C=O) groups is 1. The van der Waals surface area contributed by atoms with Crippen molar-refractivity contribution in [1.29, 1.82) is 0 Å². The maximum absolute atomic E-state index is 12.4. The number of nitrogens with zero attached hydrogens (tertiary/aromatic N) is 1. The molecule has 116 valence electrons. The van der Waals surface area contributed by atoms with Crippen LogP contribution in [0.1, 0.15) is 10.4 Å². The number of carbonyl (C=O) groups excluding carboxylic acids is 1. The molecule has 0 radical (unpaired) electrons. The molecule has 0 atom stereocenters. The average Bonchev–Trinajstić information content (AvgIpc) is 3.03. The van der Waals surface area contributed by atoms with E-state index in [-0.39, 0.29) is 5.91 Å². The highest BCUT2D eigenvalue weighted by Crippen LogP contribution is 2.30. The molecule has 1 N–H and O–H groups in total. The number of hydrogen-bond acceptors (Lipinski definition) is 4. The Bertz CT molecular complexity index is 848. The van der Waals surface area contributed by atoms with Gasteiger partial charge in [0.1, 0.15) is 5.75 Å². The molecule has 0 aliphatic heterocycles. The van der Waals surface area contributed by atoms with Crippen molar-refractivity contribution >= 4 is 34.0 Å². The first-order chi connectivity index (χ1) is 11.2. The van der Waals surface area contributed by atoms with Gasteiger partial charge in [-0.15, -0.1) is 11.3 Å². The molecular formula is C17H13ClN2O2S. The first-order valence-corrected chi connectivity index (χ1v) is 8.09. The van der Waals surface area contributed by atoms with Crippen LogP contribution in [0.3, 0.4) is 0 Å². The number of thiazole rings is 1. The highest BCUT2D eigenvalue weighted by molar-refractivity contribution is 7.14. The summed E-state index contributed by atoms with van der Waals surface area (Å²) in [6.07, 6.45) is 0. The first-order valence-electron chi connectivity index (χ1n) is 6.84. The molecule has 2 aromatic carbocycles. The lowest BCUT2D eigenvalue weighted by molar-refractivity contribution is 0.102. The molecule has 0 saturated carbocycles. The topological polar surface area (TPSA) is 51.2 Å². The highest BCUT2D eigenvalue weighted by Gasteiger charge is 2.14. The predicted molar refractivity (Wildman–Crippen MR) is 93.5 cm³/mol. The third-order valence-corrected chi connectivity index (χ3v) is 4.31. The summed E-state index contributed by atoms with van der Waals surface area (Å²) in [5, 5.41) is 5.78. The maximum atomic E-state index is 12.4. The van der Waals surface area contributed by atoms with Crippen molar-refractivity contribution in [1.82, 2.24) is 4.98 Å². The fraction of sp³-hybridized carbons (Fsp3) is 0.0588. The Kier molecular flexibility index (Phi) is 4.60. The van der Waals surface area contributed by atoms with E-state index in [9.17, 15) is 4.79 Å². The minimum Gasteiger partial charge on any atom is -0.496 e. The molecule has 0 fully saturated rings. The van der Waals surface area contributed by atoms with Gasteiger partial charge in [0.2, 0.25) is 0 Å². The number of methoxy groups -OCH3 is 1. The number of ether oxygens (including phenoxy) is 1. The van der Waals surface area contributed by atoms with Crippen LogP contribution in [0.4, 0.5) is 5.13 Å². The molecule has 0 aliphatic carbocycles. The Morgan fingerprint density at radius 1 is 1.17 bits per heavy atom. The van der Waals surface area contributed by atoms with Crippen molar-refractivity contribution in [2.24, 2.45) is 0 Å². The smallest absolute Gasteiger partial charge is 0.261 e. The number of aromatic nitrogens is 1. The van der Waals surface area contributed by atoms with Crippen molar-refractivity contribution in [2.75, 3.05) is 12.4 Å². The molecule has 0 unspecified atom stereocenters. The van der Waals surface area contributed by atoms with Gasteiger partial charge in [-0.05, 0) is 18.2 Å². The van der Waals surface area contributed by atoms with Gasteiger partial charge in [0.25, 0.3) is 5.91 Å². The van der Waals surface area contributed by atoms with E-state index >= 15 is 0 Å². The second kappa shape index (κ2) is 6.81. The third kappa shape index (κ3) is 3.36. The SMILES string of the molecule is COc1ccccc1C(=O)Nc1nc(-c2ccccc2Cl)cs1. The number of nitrogens with one attached hydrogen (secondary N) is 1. The lowest BCUT2D eigenvalue weighted by Crippen LogP contribution is -2.12. The standard InChI is InChI=1S/C17H13ClN2O2S/c1-22-15-9-5-3-7-12(15)16(21)20-17-19-14(10-23-17)11-6-2-4-8-13(11)18/h2-10H,1H3,(H,19,20,21). The van der Waals surface area contributed by atoms with Crippen LogP contribution in [0.15, 0.2) is 53.9 Å². The zero-order valence-electron chi connectivity index (χ0n) is 12.2. The number of para-hydroxylation sites is 1. The number of rotatable bonds is 4. The summed E-state index contributed by atoms with van der Waals surface area (Å²) in [5.41, 5.74) is 2.03. The maximum Gasteiger partial charge on any atom is 0.261 e. The zero-order chi connectivity index (χ0) is 16.2. The summed E-state index contributed by atoms with van der Waals surface area (Å²) in [6, 6.07) is 14.5. The van der Waals surface area contributed by atoms with E-state index in [1.165, 1.54) is 18.4 Å². The van der Waals surface area contributed by atoms with E-state index in [4.69, 9.17) is 16.3 Å². The minimum absolute atomic E-state index is 0.262. The van der Waals surface area contributed by atoms with Crippen molar-refractivity contribution in [3.63, 3.8) is 0 Å². The number of anilines is 1. The van der Waals surface area contributed by atoms with Gasteiger partial charge < -0.3 is 4.74 Å². The molecule has 1 heterocycles. The molecule has 0 spiro atoms. The summed E-state index contributed by atoms with van der Waals surface area (Å²) in [6.45, 7) is 0. The van der Waals surface area contributed by atoms with Gasteiger partial charge in [-0.3, -0.25) is 10.1 Å². The molecule has 0 saturated heterocycles. The Morgan fingerprint density at radius 3 is 2.70 bits per heavy atom. The summed E-state index contributed by atoms with van der Waals surface area (Å²) < 4.78 is 5.20. The van der Waals surface area contributed by atoms with E-state index in [0.29, 0.717) is 21.5 Å². The summed E-state index contributed by atoms with van der Waals surface area (Å²) in [5.74, 6) is 0.260. The van der Waals surface area contributed by atoms with E-state index in [0.717, 1.165) is 11.3 Å². The summed E-state index contributed by atoms with van der Waals surface area (Å²) >= 11 is 7.52. The van der Waals surface area contributed by atoms with Gasteiger partial charge in [-0.2, -0.15) is 0 Å². The van der Waals surface area contributed by atoms with Gasteiger partial charge in [0.15, 0.2) is 5.13 Å². The van der Waals surface area contributed by atoms with Crippen molar-refractivity contribution in [3.8, 4) is 17.0 Å². The van der Waals surface area contributed by atoms with Crippen molar-refractivity contribution in [3.05, 3.63) is 64.5 Å². The summed E-state index contributed by atoms with van der Waals surface area (Å²) in [7, 11) is 1.53. The largest absolute Gasteiger partial charge is 0.496 e. The number of halogens is 1. The Labute approximate surface area is 142 Å². The monoisotopic (exact) mass is 344 g/mol. The van der Waals surface area contributed by atoms with Crippen LogP contribution < -0.4 is 10.1 Å². The fourth-order valence-corrected chi connectivity index (χ4v) is 3.06. The van der Waals surface area contributed by atoms with Crippen molar-refractivity contribution in [2.45, 2.75) is 0 Å². The normalized spacial score (nSPS) is 10.3. The van der Waals surface area contributed by atoms with E-state index in [2.05, 4.69) is 10.3 Å². The van der Waals surface area contributed by atoms with Crippen LogP contribution in [-0.2, 0) is 0 Å². The molecule has 4 nitrogen and oxygen atoms in total. The van der Waals surface area contributed by atoms with Gasteiger partial charge >= 0.3 is 0 Å². The Morgan fingerprint density at radius 2 is 1.91 bits per heavy atom. The molecule has 6 heteroatoms. The van der Waals surface area contributed by atoms with Gasteiger partial charge in [-0.25, -0.2) is 4.98 Å². The average molecular weight is 345 g/mol. The molecule has 1 amide bonds. The zero-order valence-corrected chi connectivity index (χ0v) is 13.8. The van der Waals surface area contributed by atoms with Crippen LogP contribution in [0, 0.1) is 0 Å². The van der Waals surface area contributed by atoms with Gasteiger partial charge in [-0.1, -0.05) is 41.9 Å². The Balaban J connectivity index is 1.82.